The molecular weight excluding hydrogens is 678 g/mol. The highest BCUT2D eigenvalue weighted by atomic mass is 19.4. The smallest absolute Gasteiger partial charge is 0.475 e. The van der Waals surface area contributed by atoms with Gasteiger partial charge in [0, 0.05) is 61.4 Å². The van der Waals surface area contributed by atoms with Crippen molar-refractivity contribution in [1.29, 1.82) is 0 Å². The van der Waals surface area contributed by atoms with Crippen molar-refractivity contribution in [2.45, 2.75) is 50.6 Å². The van der Waals surface area contributed by atoms with Crippen molar-refractivity contribution in [2.75, 3.05) is 13.6 Å². The van der Waals surface area contributed by atoms with Crippen LogP contribution in [0.25, 0.3) is 33.4 Å². The number of nitrogens with one attached hydrogen (secondary N) is 1. The van der Waals surface area contributed by atoms with Gasteiger partial charge in [-0.15, -0.1) is 0 Å². The van der Waals surface area contributed by atoms with E-state index in [9.17, 15) is 39.9 Å². The zero-order valence-corrected chi connectivity index (χ0v) is 25.5. The summed E-state index contributed by atoms with van der Waals surface area (Å²) in [5.74, 6) is -4.08. The molecule has 1 fully saturated rings. The molecule has 0 spiro atoms. The number of carbonyl (C=O) groups excluding carboxylic acids is 1. The van der Waals surface area contributed by atoms with Crippen LogP contribution in [0.1, 0.15) is 42.3 Å². The number of aliphatic carboxylic acids is 2. The van der Waals surface area contributed by atoms with Gasteiger partial charge in [0.25, 0.3) is 6.43 Å². The van der Waals surface area contributed by atoms with Gasteiger partial charge in [-0.05, 0) is 25.0 Å². The molecule has 12 nitrogen and oxygen atoms in total. The molecule has 0 atom stereocenters. The Hall–Kier alpha value is -5.30. The molecule has 49 heavy (non-hydrogen) atoms. The van der Waals surface area contributed by atoms with Crippen LogP contribution in [-0.2, 0) is 29.7 Å². The summed E-state index contributed by atoms with van der Waals surface area (Å²) in [6, 6.07) is 7.00. The fraction of sp³-hybridized carbons (Fsp3) is 0.379. The van der Waals surface area contributed by atoms with Gasteiger partial charge in [-0.2, -0.15) is 31.4 Å². The van der Waals surface area contributed by atoms with Crippen molar-refractivity contribution in [3.05, 3.63) is 53.7 Å². The van der Waals surface area contributed by atoms with Crippen LogP contribution in [-0.4, -0.2) is 83.3 Å². The predicted molar refractivity (Wildman–Crippen MR) is 154 cm³/mol. The van der Waals surface area contributed by atoms with Crippen molar-refractivity contribution in [3.63, 3.8) is 0 Å². The van der Waals surface area contributed by atoms with Crippen LogP contribution in [0.2, 0.25) is 0 Å². The van der Waals surface area contributed by atoms with E-state index >= 15 is 0 Å². The van der Waals surface area contributed by atoms with Gasteiger partial charge in [0.1, 0.15) is 5.82 Å². The molecule has 2 amide bonds. The summed E-state index contributed by atoms with van der Waals surface area (Å²) < 4.78 is 95.7. The van der Waals surface area contributed by atoms with Gasteiger partial charge in [0.2, 0.25) is 0 Å². The number of urea groups is 1. The van der Waals surface area contributed by atoms with Gasteiger partial charge in [-0.3, -0.25) is 4.68 Å². The average Bonchev–Trinajstić information content (AvgIpc) is 3.67. The third-order valence-corrected chi connectivity index (χ3v) is 7.32. The third-order valence-electron chi connectivity index (χ3n) is 7.32. The van der Waals surface area contributed by atoms with Gasteiger partial charge in [0.15, 0.2) is 0 Å². The highest BCUT2D eigenvalue weighted by Crippen LogP contribution is 2.44. The number of alkyl halides is 8. The molecule has 0 unspecified atom stereocenters. The summed E-state index contributed by atoms with van der Waals surface area (Å²) in [6.07, 6.45) is -7.45. The van der Waals surface area contributed by atoms with Crippen LogP contribution in [0, 0.1) is 0 Å². The number of fused-ring (bicyclic) bond motifs is 2. The molecule has 20 heteroatoms. The number of nitrogens with zero attached hydrogens (tertiary/aromatic N) is 6. The molecule has 3 N–H and O–H groups in total. The van der Waals surface area contributed by atoms with E-state index in [4.69, 9.17) is 24.8 Å². The predicted octanol–water partition coefficient (Wildman–Crippen LogP) is 5.74. The standard InChI is InChI=1S/C25H25F2N7O.2C2HF3O2/c1-28-25(35)33-8-9-34-20(13-33)22(31-24(34)14-6-7-14)16-4-3-5-19-17(16)10-18(23(26)27)21(30-19)15-11-29-32(2)12-15;2*3-2(4,5)1(6)7/h3-5,10-12,14,23H,6-9,13H2,1-2H3,(H,28,35);2*(H,6,7). The van der Waals surface area contributed by atoms with Gasteiger partial charge >= 0.3 is 30.3 Å². The van der Waals surface area contributed by atoms with Crippen LogP contribution >= 0.6 is 0 Å². The zero-order valence-electron chi connectivity index (χ0n) is 25.5. The number of aryl methyl sites for hydroxylation is 1. The van der Waals surface area contributed by atoms with Gasteiger partial charge < -0.3 is 25.0 Å². The average molecular weight is 706 g/mol. The normalized spacial score (nSPS) is 14.4. The number of imidazole rings is 1. The molecule has 0 saturated heterocycles. The Morgan fingerprint density at radius 1 is 0.959 bits per heavy atom. The first-order chi connectivity index (χ1) is 22.8. The van der Waals surface area contributed by atoms with Crippen molar-refractivity contribution in [1.82, 2.24) is 34.5 Å². The van der Waals surface area contributed by atoms with Crippen LogP contribution in [0.4, 0.5) is 39.9 Å². The number of carbonyl (C=O) groups is 3. The van der Waals surface area contributed by atoms with Gasteiger partial charge in [-0.25, -0.2) is 33.1 Å². The van der Waals surface area contributed by atoms with Crippen molar-refractivity contribution in [3.8, 4) is 22.5 Å². The number of carboxylic acid groups (broad SMARTS) is 2. The van der Waals surface area contributed by atoms with Crippen LogP contribution < -0.4 is 5.32 Å². The van der Waals surface area contributed by atoms with E-state index < -0.39 is 30.7 Å². The Kier molecular flexibility index (Phi) is 10.5. The van der Waals surface area contributed by atoms with E-state index in [2.05, 4.69) is 20.0 Å². The fourth-order valence-corrected chi connectivity index (χ4v) is 4.95. The number of pyridine rings is 1. The fourth-order valence-electron chi connectivity index (χ4n) is 4.95. The van der Waals surface area contributed by atoms with Gasteiger partial charge in [0.05, 0.1) is 35.3 Å². The molecule has 1 saturated carbocycles. The summed E-state index contributed by atoms with van der Waals surface area (Å²) >= 11 is 0. The van der Waals surface area contributed by atoms with E-state index in [1.165, 1.54) is 6.07 Å². The lowest BCUT2D eigenvalue weighted by Crippen LogP contribution is -2.43. The molecule has 4 aromatic rings. The minimum Gasteiger partial charge on any atom is -0.475 e. The quantitative estimate of drug-likeness (QED) is 0.227. The Labute approximate surface area is 271 Å². The SMILES string of the molecule is CNC(=O)N1CCn2c(C3CC3)nc(-c3cccc4nc(-c5cnn(C)c5)c(C(F)F)cc34)c2C1.O=C(O)C(F)(F)F.O=C(O)C(F)(F)F. The van der Waals surface area contributed by atoms with Crippen molar-refractivity contribution in [2.24, 2.45) is 7.05 Å². The number of hydrogen-bond donors (Lipinski definition) is 3. The first-order valence-corrected chi connectivity index (χ1v) is 14.2. The monoisotopic (exact) mass is 705 g/mol. The maximum absolute atomic E-state index is 14.2. The number of hydrogen-bond acceptors (Lipinski definition) is 6. The number of carboxylic acids is 2. The Bertz CT molecular complexity index is 1840. The number of rotatable bonds is 4. The second kappa shape index (κ2) is 14.0. The van der Waals surface area contributed by atoms with Crippen molar-refractivity contribution < 1.29 is 59.7 Å². The molecule has 6 rings (SSSR count). The van der Waals surface area contributed by atoms with Crippen LogP contribution in [0.15, 0.2) is 36.7 Å². The maximum Gasteiger partial charge on any atom is 0.490 e. The molecule has 3 aromatic heterocycles. The molecule has 4 heterocycles. The molecule has 0 bridgehead atoms. The molecule has 1 aliphatic heterocycles. The summed E-state index contributed by atoms with van der Waals surface area (Å²) in [7, 11) is 3.36. The minimum atomic E-state index is -5.08. The first-order valence-electron chi connectivity index (χ1n) is 14.2. The molecule has 1 aromatic carbocycles. The lowest BCUT2D eigenvalue weighted by Gasteiger charge is -2.29. The second-order valence-corrected chi connectivity index (χ2v) is 10.8. The largest absolute Gasteiger partial charge is 0.490 e. The molecule has 1 aliphatic carbocycles. The molecule has 2 aliphatic rings. The maximum atomic E-state index is 14.2. The minimum absolute atomic E-state index is 0.138. The topological polar surface area (TPSA) is 155 Å². The number of halogens is 8. The second-order valence-electron chi connectivity index (χ2n) is 10.8. The summed E-state index contributed by atoms with van der Waals surface area (Å²) in [5, 5.41) is 21.7. The third kappa shape index (κ3) is 8.41. The van der Waals surface area contributed by atoms with Crippen molar-refractivity contribution >= 4 is 28.9 Å². The first kappa shape index (κ1) is 36.5. The Morgan fingerprint density at radius 3 is 2.06 bits per heavy atom. The zero-order chi connectivity index (χ0) is 36.4. The summed E-state index contributed by atoms with van der Waals surface area (Å²) in [4.78, 5) is 41.6. The van der Waals surface area contributed by atoms with E-state index in [0.29, 0.717) is 42.0 Å². The van der Waals surface area contributed by atoms with E-state index in [0.717, 1.165) is 35.6 Å². The summed E-state index contributed by atoms with van der Waals surface area (Å²) in [5.41, 5.74) is 3.68. The number of amides is 2. The highest BCUT2D eigenvalue weighted by Gasteiger charge is 2.39. The Balaban J connectivity index is 0.000000327. The molecular formula is C29H27F8N7O5. The number of benzene rings is 1. The Morgan fingerprint density at radius 2 is 1.57 bits per heavy atom. The van der Waals surface area contributed by atoms with Crippen LogP contribution in [0.3, 0.4) is 0 Å². The van der Waals surface area contributed by atoms with E-state index in [1.807, 2.05) is 18.2 Å². The van der Waals surface area contributed by atoms with E-state index in [-0.39, 0.29) is 17.3 Å². The van der Waals surface area contributed by atoms with Gasteiger partial charge in [-0.1, -0.05) is 12.1 Å². The molecule has 264 valence electrons. The molecule has 0 radical (unpaired) electrons. The van der Waals surface area contributed by atoms with Crippen LogP contribution in [0.5, 0.6) is 0 Å². The summed E-state index contributed by atoms with van der Waals surface area (Å²) in [6.45, 7) is 1.68. The highest BCUT2D eigenvalue weighted by molar-refractivity contribution is 5.96. The van der Waals surface area contributed by atoms with E-state index in [1.54, 1.807) is 36.1 Å². The lowest BCUT2D eigenvalue weighted by atomic mass is 9.99. The lowest BCUT2D eigenvalue weighted by molar-refractivity contribution is -0.193. The number of aromatic nitrogens is 5.